The summed E-state index contributed by atoms with van der Waals surface area (Å²) in [5, 5.41) is 0. The highest BCUT2D eigenvalue weighted by atomic mass is 16.3. The molecule has 1 aliphatic heterocycles. The molecule has 0 bridgehead atoms. The van der Waals surface area contributed by atoms with E-state index in [-0.39, 0.29) is 0 Å². The minimum atomic E-state index is 0.734. The van der Waals surface area contributed by atoms with Gasteiger partial charge in [0.1, 0.15) is 5.76 Å². The van der Waals surface area contributed by atoms with Crippen molar-refractivity contribution in [2.24, 2.45) is 11.8 Å². The third-order valence-electron chi connectivity index (χ3n) is 4.26. The van der Waals surface area contributed by atoms with E-state index in [1.54, 1.807) is 6.26 Å². The number of furan rings is 1. The summed E-state index contributed by atoms with van der Waals surface area (Å²) >= 11 is 0. The second-order valence-electron chi connectivity index (χ2n) is 5.81. The number of likely N-dealkylation sites (N-methyl/N-ethyl adjacent to an activating group) is 1. The van der Waals surface area contributed by atoms with Gasteiger partial charge in [-0.25, -0.2) is 0 Å². The van der Waals surface area contributed by atoms with Crippen molar-refractivity contribution >= 4 is 0 Å². The van der Waals surface area contributed by atoms with Gasteiger partial charge < -0.3 is 9.32 Å². The summed E-state index contributed by atoms with van der Waals surface area (Å²) in [4.78, 5) is 4.96. The molecule has 1 aliphatic carbocycles. The predicted octanol–water partition coefficient (Wildman–Crippen LogP) is 2.05. The van der Waals surface area contributed by atoms with E-state index in [4.69, 9.17) is 4.42 Å². The van der Waals surface area contributed by atoms with Crippen molar-refractivity contribution < 1.29 is 4.42 Å². The Morgan fingerprint density at radius 1 is 1.35 bits per heavy atom. The lowest BCUT2D eigenvalue weighted by molar-refractivity contribution is 0.231. The quantitative estimate of drug-likeness (QED) is 0.795. The molecule has 2 fully saturated rings. The van der Waals surface area contributed by atoms with Gasteiger partial charge in [-0.2, -0.15) is 0 Å². The monoisotopic (exact) mass is 234 g/mol. The van der Waals surface area contributed by atoms with Gasteiger partial charge >= 0.3 is 0 Å². The van der Waals surface area contributed by atoms with Crippen LogP contribution in [0.1, 0.15) is 18.6 Å². The molecule has 1 aromatic rings. The molecule has 2 aliphatic rings. The van der Waals surface area contributed by atoms with Gasteiger partial charge in [0, 0.05) is 19.1 Å². The second-order valence-corrected chi connectivity index (χ2v) is 5.81. The normalized spacial score (nSPS) is 30.3. The molecule has 0 amide bonds. The average molecular weight is 234 g/mol. The van der Waals surface area contributed by atoms with Crippen molar-refractivity contribution in [3.63, 3.8) is 0 Å². The van der Waals surface area contributed by atoms with Crippen LogP contribution in [0.2, 0.25) is 0 Å². The Kier molecular flexibility index (Phi) is 2.97. The van der Waals surface area contributed by atoms with Crippen LogP contribution < -0.4 is 0 Å². The Labute approximate surface area is 103 Å². The minimum Gasteiger partial charge on any atom is -0.468 e. The molecule has 0 aromatic carbocycles. The Morgan fingerprint density at radius 2 is 2.18 bits per heavy atom. The molecular formula is C14H22N2O. The molecule has 0 radical (unpaired) electrons. The maximum Gasteiger partial charge on any atom is 0.117 e. The smallest absolute Gasteiger partial charge is 0.117 e. The lowest BCUT2D eigenvalue weighted by Crippen LogP contribution is -2.36. The van der Waals surface area contributed by atoms with Crippen molar-refractivity contribution in [3.8, 4) is 0 Å². The molecule has 3 rings (SSSR count). The zero-order valence-electron chi connectivity index (χ0n) is 10.8. The largest absolute Gasteiger partial charge is 0.468 e. The first kappa shape index (κ1) is 11.3. The van der Waals surface area contributed by atoms with E-state index in [0.717, 1.165) is 30.2 Å². The van der Waals surface area contributed by atoms with Gasteiger partial charge in [-0.3, -0.25) is 4.90 Å². The maximum absolute atomic E-state index is 5.45. The van der Waals surface area contributed by atoms with Crippen LogP contribution in [0.4, 0.5) is 0 Å². The first-order valence-corrected chi connectivity index (χ1v) is 6.65. The lowest BCUT2D eigenvalue weighted by Gasteiger charge is -2.24. The maximum atomic E-state index is 5.45. The number of likely N-dealkylation sites (tertiary alicyclic amines) is 1. The molecule has 0 spiro atoms. The summed E-state index contributed by atoms with van der Waals surface area (Å²) in [5.74, 6) is 2.96. The van der Waals surface area contributed by atoms with Crippen LogP contribution in [0.25, 0.3) is 0 Å². The van der Waals surface area contributed by atoms with Crippen molar-refractivity contribution in [2.45, 2.75) is 25.4 Å². The molecule has 94 valence electrons. The first-order valence-electron chi connectivity index (χ1n) is 6.65. The molecule has 3 nitrogen and oxygen atoms in total. The highest BCUT2D eigenvalue weighted by Gasteiger charge is 2.43. The van der Waals surface area contributed by atoms with Crippen molar-refractivity contribution in [2.75, 3.05) is 27.2 Å². The van der Waals surface area contributed by atoms with Gasteiger partial charge in [0.2, 0.25) is 0 Å². The summed E-state index contributed by atoms with van der Waals surface area (Å²) in [7, 11) is 4.44. The topological polar surface area (TPSA) is 19.6 Å². The van der Waals surface area contributed by atoms with E-state index in [0.29, 0.717) is 0 Å². The van der Waals surface area contributed by atoms with Gasteiger partial charge in [0.05, 0.1) is 12.8 Å². The minimum absolute atomic E-state index is 0.734. The van der Waals surface area contributed by atoms with Crippen molar-refractivity contribution in [3.05, 3.63) is 24.2 Å². The van der Waals surface area contributed by atoms with Gasteiger partial charge in [-0.05, 0) is 50.9 Å². The Hall–Kier alpha value is -0.800. The first-order chi connectivity index (χ1) is 8.24. The Morgan fingerprint density at radius 3 is 2.76 bits per heavy atom. The third kappa shape index (κ3) is 2.40. The highest BCUT2D eigenvalue weighted by molar-refractivity contribution is 5.02. The van der Waals surface area contributed by atoms with Crippen molar-refractivity contribution in [1.29, 1.82) is 0 Å². The zero-order valence-corrected chi connectivity index (χ0v) is 10.8. The molecule has 1 saturated carbocycles. The Balaban J connectivity index is 1.64. The van der Waals surface area contributed by atoms with Crippen LogP contribution in [0, 0.1) is 11.8 Å². The molecule has 0 N–H and O–H groups in total. The summed E-state index contributed by atoms with van der Waals surface area (Å²) in [6, 6.07) is 4.79. The summed E-state index contributed by atoms with van der Waals surface area (Å²) in [6.45, 7) is 3.41. The molecule has 0 unspecified atom stereocenters. The molecule has 3 heteroatoms. The highest BCUT2D eigenvalue weighted by Crippen LogP contribution is 2.42. The van der Waals surface area contributed by atoms with Crippen LogP contribution in [0.15, 0.2) is 22.8 Å². The number of hydrogen-bond acceptors (Lipinski definition) is 3. The van der Waals surface area contributed by atoms with Gasteiger partial charge in [-0.1, -0.05) is 0 Å². The molecule has 1 aromatic heterocycles. The molecule has 1 saturated heterocycles. The van der Waals surface area contributed by atoms with E-state index in [9.17, 15) is 0 Å². The molecular weight excluding hydrogens is 212 g/mol. The van der Waals surface area contributed by atoms with Crippen molar-refractivity contribution in [1.82, 2.24) is 9.80 Å². The van der Waals surface area contributed by atoms with Gasteiger partial charge in [0.25, 0.3) is 0 Å². The molecule has 2 heterocycles. The number of rotatable bonds is 4. The molecule has 2 atom stereocenters. The van der Waals surface area contributed by atoms with E-state index in [2.05, 4.69) is 30.0 Å². The SMILES string of the molecule is CN(C)[C@@H]1CN(Cc2ccco2)C[C@H]1C1CC1. The fourth-order valence-corrected chi connectivity index (χ4v) is 3.18. The summed E-state index contributed by atoms with van der Waals surface area (Å²) < 4.78 is 5.45. The average Bonchev–Trinajstić information content (AvgIpc) is 2.86. The van der Waals surface area contributed by atoms with E-state index < -0.39 is 0 Å². The van der Waals surface area contributed by atoms with Crippen LogP contribution in [0.3, 0.4) is 0 Å². The fourth-order valence-electron chi connectivity index (χ4n) is 3.18. The fraction of sp³-hybridized carbons (Fsp3) is 0.714. The van der Waals surface area contributed by atoms with Crippen LogP contribution in [0.5, 0.6) is 0 Å². The van der Waals surface area contributed by atoms with E-state index >= 15 is 0 Å². The summed E-state index contributed by atoms with van der Waals surface area (Å²) in [5.41, 5.74) is 0. The van der Waals surface area contributed by atoms with Crippen LogP contribution in [-0.4, -0.2) is 43.0 Å². The van der Waals surface area contributed by atoms with E-state index in [1.165, 1.54) is 25.9 Å². The Bertz CT molecular complexity index is 346. The number of hydrogen-bond donors (Lipinski definition) is 0. The predicted molar refractivity (Wildman–Crippen MR) is 67.7 cm³/mol. The van der Waals surface area contributed by atoms with Crippen LogP contribution in [-0.2, 0) is 6.54 Å². The second kappa shape index (κ2) is 4.46. The van der Waals surface area contributed by atoms with Crippen LogP contribution >= 0.6 is 0 Å². The van der Waals surface area contributed by atoms with Gasteiger partial charge in [0.15, 0.2) is 0 Å². The summed E-state index contributed by atoms with van der Waals surface area (Å²) in [6.07, 6.45) is 4.67. The third-order valence-corrected chi connectivity index (χ3v) is 4.26. The zero-order chi connectivity index (χ0) is 11.8. The lowest BCUT2D eigenvalue weighted by atomic mass is 9.97. The van der Waals surface area contributed by atoms with Gasteiger partial charge in [-0.15, -0.1) is 0 Å². The standard InChI is InChI=1S/C14H22N2O/c1-15(2)14-10-16(8-12-4-3-7-17-12)9-13(14)11-5-6-11/h3-4,7,11,13-14H,5-6,8-10H2,1-2H3/t13-,14+/m0/s1. The molecule has 17 heavy (non-hydrogen) atoms. The van der Waals surface area contributed by atoms with E-state index in [1.807, 2.05) is 6.07 Å². The number of nitrogens with zero attached hydrogens (tertiary/aromatic N) is 2.